The van der Waals surface area contributed by atoms with Crippen molar-refractivity contribution in [3.05, 3.63) is 76.7 Å². The Morgan fingerprint density at radius 2 is 2.00 bits per heavy atom. The second-order valence-corrected chi connectivity index (χ2v) is 9.78. The fourth-order valence-electron chi connectivity index (χ4n) is 4.03. The molecule has 3 heteroatoms. The number of hydrogen-bond acceptors (Lipinski definition) is 2. The first-order valence-electron chi connectivity index (χ1n) is 9.90. The van der Waals surface area contributed by atoms with Crippen LogP contribution in [-0.4, -0.2) is 11.6 Å². The summed E-state index contributed by atoms with van der Waals surface area (Å²) >= 11 is 0. The highest BCUT2D eigenvalue weighted by molar-refractivity contribution is 7.43. The van der Waals surface area contributed by atoms with E-state index in [4.69, 9.17) is 11.2 Å². The third-order valence-corrected chi connectivity index (χ3v) is 7.98. The van der Waals surface area contributed by atoms with Crippen molar-refractivity contribution in [3.63, 3.8) is 0 Å². The maximum Gasteiger partial charge on any atom is 0.339 e. The Kier molecular flexibility index (Phi) is 5.06. The molecule has 0 aliphatic heterocycles. The lowest BCUT2D eigenvalue weighted by Crippen LogP contribution is -2.36. The van der Waals surface area contributed by atoms with Crippen molar-refractivity contribution in [2.24, 2.45) is 5.92 Å². The van der Waals surface area contributed by atoms with Gasteiger partial charge in [-0.3, -0.25) is 0 Å². The molecule has 3 unspecified atom stereocenters. The summed E-state index contributed by atoms with van der Waals surface area (Å²) in [6.07, 6.45) is 9.86. The Labute approximate surface area is 175 Å². The summed E-state index contributed by atoms with van der Waals surface area (Å²) in [5.41, 5.74) is 2.20. The van der Waals surface area contributed by atoms with Gasteiger partial charge in [-0.05, 0) is 57.9 Å². The van der Waals surface area contributed by atoms with Crippen molar-refractivity contribution < 1.29 is 9.53 Å². The number of allylic oxidation sites excluding steroid dienone is 1. The fraction of sp³-hybridized carbons (Fsp3) is 0.269. The van der Waals surface area contributed by atoms with Crippen molar-refractivity contribution >= 4 is 26.5 Å². The van der Waals surface area contributed by atoms with Gasteiger partial charge in [-0.1, -0.05) is 35.8 Å². The van der Waals surface area contributed by atoms with Crippen LogP contribution in [-0.2, 0) is 4.74 Å². The second kappa shape index (κ2) is 7.54. The molecule has 1 heterocycles. The molecule has 0 N–H and O–H groups in total. The summed E-state index contributed by atoms with van der Waals surface area (Å²) in [6.45, 7) is 6.08. The lowest BCUT2D eigenvalue weighted by molar-refractivity contribution is -0.000688. The topological polar surface area (TPSA) is 26.3 Å². The first kappa shape index (κ1) is 19.5. The molecule has 0 saturated heterocycles. The number of rotatable bonds is 4. The minimum absolute atomic E-state index is 0.0637. The van der Waals surface area contributed by atoms with Gasteiger partial charge in [0.1, 0.15) is 5.38 Å². The van der Waals surface area contributed by atoms with Crippen LogP contribution in [0.15, 0.2) is 65.6 Å². The third-order valence-electron chi connectivity index (χ3n) is 5.80. The van der Waals surface area contributed by atoms with Gasteiger partial charge in [-0.15, -0.1) is 6.42 Å². The van der Waals surface area contributed by atoms with E-state index in [0.29, 0.717) is 5.56 Å². The molecule has 3 atom stereocenters. The van der Waals surface area contributed by atoms with E-state index in [1.807, 2.05) is 19.1 Å². The summed E-state index contributed by atoms with van der Waals surface area (Å²) in [7, 11) is -0.174. The van der Waals surface area contributed by atoms with E-state index in [-0.39, 0.29) is 22.4 Å². The molecule has 0 spiro atoms. The molecule has 4 rings (SSSR count). The normalized spacial score (nSPS) is 18.8. The predicted molar refractivity (Wildman–Crippen MR) is 122 cm³/mol. The Morgan fingerprint density at radius 3 is 2.72 bits per heavy atom. The zero-order valence-corrected chi connectivity index (χ0v) is 17.9. The second-order valence-electron chi connectivity index (χ2n) is 7.96. The van der Waals surface area contributed by atoms with Crippen LogP contribution in [0.25, 0.3) is 15.0 Å². The number of fused-ring (bicyclic) bond motifs is 1. The van der Waals surface area contributed by atoms with Crippen LogP contribution in [0.5, 0.6) is 0 Å². The zero-order chi connectivity index (χ0) is 20.6. The highest BCUT2D eigenvalue weighted by Gasteiger charge is 2.37. The molecule has 1 aromatic heterocycles. The Balaban J connectivity index is 1.65. The fourth-order valence-corrected chi connectivity index (χ4v) is 6.20. The van der Waals surface area contributed by atoms with Crippen LogP contribution in [0, 0.1) is 25.2 Å². The van der Waals surface area contributed by atoms with Gasteiger partial charge in [0, 0.05) is 33.4 Å². The van der Waals surface area contributed by atoms with Crippen molar-refractivity contribution in [3.8, 4) is 17.2 Å². The molecule has 0 amide bonds. The van der Waals surface area contributed by atoms with E-state index >= 15 is 0 Å². The smallest absolute Gasteiger partial charge is 0.339 e. The first-order valence-corrected chi connectivity index (χ1v) is 11.2. The van der Waals surface area contributed by atoms with Gasteiger partial charge in [0.15, 0.2) is 15.2 Å². The summed E-state index contributed by atoms with van der Waals surface area (Å²) in [4.78, 5) is 14.1. The quantitative estimate of drug-likeness (QED) is 0.208. The highest BCUT2D eigenvalue weighted by Crippen LogP contribution is 2.42. The molecule has 2 aromatic carbocycles. The molecule has 1 aliphatic carbocycles. The minimum atomic E-state index is -0.927. The number of benzene rings is 2. The van der Waals surface area contributed by atoms with Gasteiger partial charge in [-0.25, -0.2) is 4.79 Å². The van der Waals surface area contributed by atoms with E-state index < -0.39 is 5.60 Å². The monoisotopic (exact) mass is 401 g/mol. The summed E-state index contributed by atoms with van der Waals surface area (Å²) in [5, 5.41) is 3.57. The number of ether oxygens (including phenoxy) is 1. The molecular formula is C26H25O2S+. The molecule has 0 saturated carbocycles. The maximum absolute atomic E-state index is 13.0. The number of aryl methyl sites for hydroxylation is 1. The number of carbonyl (C=O) groups excluding carboxylic acids is 1. The SMILES string of the molecule is C#CC(C)(OC(=O)c1cccc(-[s+]2cc(C)c3ccccc32)c1)C1C=C(C)CC1. The van der Waals surface area contributed by atoms with E-state index in [1.165, 1.54) is 21.2 Å². The van der Waals surface area contributed by atoms with E-state index in [2.05, 4.69) is 61.6 Å². The maximum atomic E-state index is 13.0. The van der Waals surface area contributed by atoms with E-state index in [1.54, 1.807) is 6.07 Å². The van der Waals surface area contributed by atoms with Crippen LogP contribution in [0.2, 0.25) is 0 Å². The average Bonchev–Trinajstić information content (AvgIpc) is 3.32. The molecule has 0 fully saturated rings. The van der Waals surface area contributed by atoms with Gasteiger partial charge in [0.05, 0.1) is 5.56 Å². The van der Waals surface area contributed by atoms with Crippen LogP contribution >= 0.6 is 10.5 Å². The highest BCUT2D eigenvalue weighted by atomic mass is 32.2. The van der Waals surface area contributed by atoms with Crippen LogP contribution in [0.1, 0.15) is 42.6 Å². The molecule has 1 aliphatic rings. The number of esters is 1. The zero-order valence-electron chi connectivity index (χ0n) is 17.1. The van der Waals surface area contributed by atoms with E-state index in [9.17, 15) is 4.79 Å². The summed E-state index contributed by atoms with van der Waals surface area (Å²) in [6, 6.07) is 16.2. The van der Waals surface area contributed by atoms with Crippen molar-refractivity contribution in [2.45, 2.75) is 39.2 Å². The number of carbonyl (C=O) groups is 1. The average molecular weight is 402 g/mol. The molecule has 2 nitrogen and oxygen atoms in total. The summed E-state index contributed by atoms with van der Waals surface area (Å²) < 4.78 is 7.18. The Morgan fingerprint density at radius 1 is 1.21 bits per heavy atom. The summed E-state index contributed by atoms with van der Waals surface area (Å²) in [5.74, 6) is 2.44. The largest absolute Gasteiger partial charge is 0.442 e. The van der Waals surface area contributed by atoms with E-state index in [0.717, 1.165) is 17.7 Å². The van der Waals surface area contributed by atoms with Gasteiger partial charge < -0.3 is 4.74 Å². The van der Waals surface area contributed by atoms with Crippen molar-refractivity contribution in [2.75, 3.05) is 0 Å². The molecular weight excluding hydrogens is 376 g/mol. The lowest BCUT2D eigenvalue weighted by atomic mass is 9.89. The molecule has 3 aromatic rings. The van der Waals surface area contributed by atoms with Crippen molar-refractivity contribution in [1.82, 2.24) is 0 Å². The van der Waals surface area contributed by atoms with Crippen molar-refractivity contribution in [1.29, 1.82) is 0 Å². The Hall–Kier alpha value is -2.83. The molecule has 0 radical (unpaired) electrons. The predicted octanol–water partition coefficient (Wildman–Crippen LogP) is 6.79. The van der Waals surface area contributed by atoms with Gasteiger partial charge in [0.2, 0.25) is 0 Å². The first-order chi connectivity index (χ1) is 13.9. The number of terminal acetylenes is 1. The number of hydrogen-bond donors (Lipinski definition) is 0. The minimum Gasteiger partial charge on any atom is -0.442 e. The lowest BCUT2D eigenvalue weighted by Gasteiger charge is -2.29. The molecule has 146 valence electrons. The van der Waals surface area contributed by atoms with Gasteiger partial charge in [-0.2, -0.15) is 0 Å². The van der Waals surface area contributed by atoms with Gasteiger partial charge in [0.25, 0.3) is 0 Å². The molecule has 29 heavy (non-hydrogen) atoms. The van der Waals surface area contributed by atoms with Crippen LogP contribution in [0.3, 0.4) is 0 Å². The number of thiophene rings is 1. The molecule has 0 bridgehead atoms. The van der Waals surface area contributed by atoms with Gasteiger partial charge >= 0.3 is 5.97 Å². The third kappa shape index (κ3) is 3.61. The van der Waals surface area contributed by atoms with Crippen LogP contribution < -0.4 is 0 Å². The Bertz CT molecular complexity index is 1160. The van der Waals surface area contributed by atoms with Crippen LogP contribution in [0.4, 0.5) is 0 Å². The standard InChI is InChI=1S/C26H25O2S/c1-5-26(4,21-14-13-18(2)15-21)28-25(27)20-9-8-10-22(16-20)29-17-19(3)23-11-6-7-12-24(23)29/h1,6-12,15-17,21H,13-14H2,2-4H3/q+1.